The summed E-state index contributed by atoms with van der Waals surface area (Å²) in [6, 6.07) is 3.92. The predicted octanol–water partition coefficient (Wildman–Crippen LogP) is 4.09. The largest absolute Gasteiger partial charge is 0.434 e. The average molecular weight is 475 g/mol. The molecule has 1 aliphatic rings. The summed E-state index contributed by atoms with van der Waals surface area (Å²) in [5.74, 6) is 0.256. The fourth-order valence-electron chi connectivity index (χ4n) is 2.88. The Morgan fingerprint density at radius 3 is 2.64 bits per heavy atom. The van der Waals surface area contributed by atoms with Gasteiger partial charge in [0.2, 0.25) is 5.89 Å². The van der Waals surface area contributed by atoms with Gasteiger partial charge in [-0.05, 0) is 66.8 Å². The zero-order valence-electron chi connectivity index (χ0n) is 13.5. The van der Waals surface area contributed by atoms with Crippen LogP contribution < -0.4 is 16.4 Å². The average Bonchev–Trinajstić information content (AvgIpc) is 2.99. The van der Waals surface area contributed by atoms with Crippen LogP contribution in [0.3, 0.4) is 0 Å². The van der Waals surface area contributed by atoms with Crippen LogP contribution in [0.25, 0.3) is 11.5 Å². The molecular formula is C15H20BrCl3N4O2. The van der Waals surface area contributed by atoms with E-state index in [-0.39, 0.29) is 30.7 Å². The third-order valence-corrected chi connectivity index (χ3v) is 5.45. The predicted molar refractivity (Wildman–Crippen MR) is 108 cm³/mol. The van der Waals surface area contributed by atoms with E-state index in [4.69, 9.17) is 16.0 Å². The standard InChI is InChI=1S/C15H18BrClN4O2.2ClH/c1-8(9-2-4-18-5-3-9)19-12-7-10(6-11(16)13(12)17)14-20-21-15(22)23-14;;/h6-9,18-19H,2-5H2,1H3,(H,21,22);2*1H. The minimum Gasteiger partial charge on any atom is -0.388 e. The maximum Gasteiger partial charge on any atom is 0.434 e. The Balaban J connectivity index is 0.00000156. The molecule has 3 rings (SSSR count). The number of aromatic nitrogens is 2. The summed E-state index contributed by atoms with van der Waals surface area (Å²) >= 11 is 9.85. The molecule has 2 aromatic rings. The van der Waals surface area contributed by atoms with E-state index in [1.54, 1.807) is 6.07 Å². The van der Waals surface area contributed by atoms with Gasteiger partial charge in [0, 0.05) is 16.1 Å². The van der Waals surface area contributed by atoms with Crippen LogP contribution in [0.5, 0.6) is 0 Å². The normalized spacial score (nSPS) is 15.8. The molecule has 0 aliphatic carbocycles. The van der Waals surface area contributed by atoms with Crippen molar-refractivity contribution in [3.05, 3.63) is 32.2 Å². The highest BCUT2D eigenvalue weighted by atomic mass is 79.9. The number of benzene rings is 1. The van der Waals surface area contributed by atoms with Gasteiger partial charge in [-0.2, -0.15) is 0 Å². The zero-order valence-corrected chi connectivity index (χ0v) is 17.4. The molecule has 1 unspecified atom stereocenters. The van der Waals surface area contributed by atoms with E-state index in [0.717, 1.165) is 36.1 Å². The molecular weight excluding hydrogens is 454 g/mol. The number of halogens is 4. The van der Waals surface area contributed by atoms with Crippen molar-refractivity contribution in [3.63, 3.8) is 0 Å². The van der Waals surface area contributed by atoms with Crippen molar-refractivity contribution >= 4 is 58.0 Å². The second kappa shape index (κ2) is 9.83. The van der Waals surface area contributed by atoms with Crippen molar-refractivity contribution in [1.29, 1.82) is 0 Å². The van der Waals surface area contributed by atoms with Crippen LogP contribution in [0.2, 0.25) is 5.02 Å². The summed E-state index contributed by atoms with van der Waals surface area (Å²) in [6.45, 7) is 4.26. The monoisotopic (exact) mass is 472 g/mol. The Kier molecular flexibility index (Phi) is 8.77. The van der Waals surface area contributed by atoms with Crippen molar-refractivity contribution in [1.82, 2.24) is 15.5 Å². The Hall–Kier alpha value is -0.730. The van der Waals surface area contributed by atoms with Crippen LogP contribution in [0.15, 0.2) is 25.8 Å². The number of anilines is 1. The maximum absolute atomic E-state index is 11.1. The minimum absolute atomic E-state index is 0. The van der Waals surface area contributed by atoms with Crippen molar-refractivity contribution in [2.45, 2.75) is 25.8 Å². The quantitative estimate of drug-likeness (QED) is 0.622. The number of nitrogens with one attached hydrogen (secondary N) is 3. The Morgan fingerprint density at radius 2 is 2.04 bits per heavy atom. The van der Waals surface area contributed by atoms with Crippen LogP contribution in [0, 0.1) is 5.92 Å². The first-order valence-corrected chi connectivity index (χ1v) is 8.74. The van der Waals surface area contributed by atoms with Crippen LogP contribution in [-0.4, -0.2) is 29.3 Å². The molecule has 1 fully saturated rings. The van der Waals surface area contributed by atoms with Crippen LogP contribution >= 0.6 is 52.3 Å². The molecule has 1 aromatic carbocycles. The number of H-pyrrole nitrogens is 1. The molecule has 3 N–H and O–H groups in total. The molecule has 1 saturated heterocycles. The molecule has 0 amide bonds. The number of hydrogen-bond acceptors (Lipinski definition) is 5. The second-order valence-corrected chi connectivity index (χ2v) is 6.99. The molecule has 25 heavy (non-hydrogen) atoms. The van der Waals surface area contributed by atoms with Gasteiger partial charge >= 0.3 is 5.76 Å². The first kappa shape index (κ1) is 22.3. The van der Waals surface area contributed by atoms with Crippen LogP contribution in [0.1, 0.15) is 19.8 Å². The van der Waals surface area contributed by atoms with Crippen LogP contribution in [0.4, 0.5) is 5.69 Å². The van der Waals surface area contributed by atoms with Crippen LogP contribution in [-0.2, 0) is 0 Å². The summed E-state index contributed by atoms with van der Waals surface area (Å²) < 4.78 is 5.74. The van der Waals surface area contributed by atoms with Gasteiger partial charge in [0.05, 0.1) is 10.7 Å². The molecule has 6 nitrogen and oxygen atoms in total. The van der Waals surface area contributed by atoms with Gasteiger partial charge in [-0.3, -0.25) is 0 Å². The van der Waals surface area contributed by atoms with Gasteiger partial charge in [-0.25, -0.2) is 9.89 Å². The van der Waals surface area contributed by atoms with Gasteiger partial charge in [0.1, 0.15) is 0 Å². The van der Waals surface area contributed by atoms with E-state index >= 15 is 0 Å². The lowest BCUT2D eigenvalue weighted by Gasteiger charge is -2.30. The fraction of sp³-hybridized carbons (Fsp3) is 0.467. The molecule has 1 aliphatic heterocycles. The number of hydrogen-bond donors (Lipinski definition) is 3. The van der Waals surface area contributed by atoms with E-state index < -0.39 is 5.76 Å². The van der Waals surface area contributed by atoms with E-state index in [0.29, 0.717) is 22.5 Å². The SMILES string of the molecule is CC(Nc1cc(-c2n[nH]c(=O)o2)cc(Br)c1Cl)C1CCNCC1.Cl.Cl. The second-order valence-electron chi connectivity index (χ2n) is 5.76. The Labute approximate surface area is 171 Å². The fourth-order valence-corrected chi connectivity index (χ4v) is 3.50. The summed E-state index contributed by atoms with van der Waals surface area (Å²) in [6.07, 6.45) is 2.28. The first-order chi connectivity index (χ1) is 11.0. The smallest absolute Gasteiger partial charge is 0.388 e. The topological polar surface area (TPSA) is 83.0 Å². The highest BCUT2D eigenvalue weighted by Gasteiger charge is 2.21. The van der Waals surface area contributed by atoms with Gasteiger partial charge in [0.15, 0.2) is 0 Å². The van der Waals surface area contributed by atoms with Crippen molar-refractivity contribution < 1.29 is 4.42 Å². The molecule has 10 heteroatoms. The minimum atomic E-state index is -0.580. The molecule has 1 aromatic heterocycles. The summed E-state index contributed by atoms with van der Waals surface area (Å²) in [5, 5.41) is 13.6. The van der Waals surface area contributed by atoms with Crippen molar-refractivity contribution in [2.75, 3.05) is 18.4 Å². The van der Waals surface area contributed by atoms with Gasteiger partial charge < -0.3 is 15.1 Å². The number of nitrogens with zero attached hydrogens (tertiary/aromatic N) is 1. The lowest BCUT2D eigenvalue weighted by molar-refractivity contribution is 0.343. The maximum atomic E-state index is 11.1. The summed E-state index contributed by atoms with van der Waals surface area (Å²) in [5.41, 5.74) is 1.48. The lowest BCUT2D eigenvalue weighted by Crippen LogP contribution is -2.36. The molecule has 140 valence electrons. The van der Waals surface area contributed by atoms with Gasteiger partial charge in [-0.1, -0.05) is 11.6 Å². The molecule has 0 spiro atoms. The lowest BCUT2D eigenvalue weighted by atomic mass is 9.91. The van der Waals surface area contributed by atoms with Crippen molar-refractivity contribution in [3.8, 4) is 11.5 Å². The highest BCUT2D eigenvalue weighted by Crippen LogP contribution is 2.36. The molecule has 1 atom stereocenters. The van der Waals surface area contributed by atoms with Gasteiger partial charge in [-0.15, -0.1) is 29.9 Å². The first-order valence-electron chi connectivity index (χ1n) is 7.57. The number of rotatable bonds is 4. The molecule has 0 radical (unpaired) electrons. The van der Waals surface area contributed by atoms with E-state index in [2.05, 4.69) is 43.7 Å². The third-order valence-electron chi connectivity index (χ3n) is 4.19. The highest BCUT2D eigenvalue weighted by molar-refractivity contribution is 9.10. The van der Waals surface area contributed by atoms with E-state index in [9.17, 15) is 4.79 Å². The van der Waals surface area contributed by atoms with Gasteiger partial charge in [0.25, 0.3) is 0 Å². The Bertz CT molecular complexity index is 747. The van der Waals surface area contributed by atoms with E-state index in [1.165, 1.54) is 0 Å². The third kappa shape index (κ3) is 5.37. The molecule has 0 saturated carbocycles. The van der Waals surface area contributed by atoms with E-state index in [1.807, 2.05) is 6.07 Å². The summed E-state index contributed by atoms with van der Waals surface area (Å²) in [7, 11) is 0. The van der Waals surface area contributed by atoms with Crippen molar-refractivity contribution in [2.24, 2.45) is 5.92 Å². The zero-order chi connectivity index (χ0) is 16.4. The number of piperidine rings is 1. The number of aromatic amines is 1. The molecule has 0 bridgehead atoms. The molecule has 2 heterocycles. The Morgan fingerprint density at radius 1 is 1.36 bits per heavy atom. The summed E-state index contributed by atoms with van der Waals surface area (Å²) in [4.78, 5) is 11.1.